The van der Waals surface area contributed by atoms with Crippen molar-refractivity contribution < 1.29 is 8.42 Å². The SMILES string of the molecule is C#Cc1cnc(-c2ccc(S(=O)(=O)NCCC)s2)nc1Nc1cc(C2CC2)[nH]n1. The molecule has 3 aromatic heterocycles. The van der Waals surface area contributed by atoms with Crippen LogP contribution in [0.1, 0.15) is 43.4 Å². The van der Waals surface area contributed by atoms with Crippen LogP contribution in [-0.2, 0) is 10.0 Å². The zero-order valence-corrected chi connectivity index (χ0v) is 17.4. The maximum absolute atomic E-state index is 12.3. The molecule has 0 aromatic carbocycles. The number of terminal acetylenes is 1. The lowest BCUT2D eigenvalue weighted by atomic mass is 10.3. The Hall–Kier alpha value is -2.74. The van der Waals surface area contributed by atoms with Crippen molar-refractivity contribution in [1.82, 2.24) is 24.9 Å². The first-order chi connectivity index (χ1) is 14.0. The third kappa shape index (κ3) is 4.32. The van der Waals surface area contributed by atoms with Crippen LogP contribution in [0.2, 0.25) is 0 Å². The van der Waals surface area contributed by atoms with Gasteiger partial charge >= 0.3 is 0 Å². The Morgan fingerprint density at radius 2 is 2.21 bits per heavy atom. The molecule has 1 saturated carbocycles. The van der Waals surface area contributed by atoms with E-state index in [1.54, 1.807) is 18.3 Å². The third-order valence-electron chi connectivity index (χ3n) is 4.41. The standard InChI is InChI=1S/C19H20N6O2S2/c1-3-9-21-29(26,27)17-8-7-15(28-17)19-20-11-12(4-2)18(23-19)22-16-10-14(24-25-16)13-5-6-13/h2,7-8,10-11,13,21H,3,5-6,9H2,1H3,(H2,20,22,23,24,25). The average Bonchev–Trinajstić information content (AvgIpc) is 3.25. The maximum Gasteiger partial charge on any atom is 0.250 e. The number of anilines is 2. The number of hydrogen-bond donors (Lipinski definition) is 3. The molecule has 1 fully saturated rings. The highest BCUT2D eigenvalue weighted by Crippen LogP contribution is 2.39. The first-order valence-electron chi connectivity index (χ1n) is 9.26. The summed E-state index contributed by atoms with van der Waals surface area (Å²) in [6.45, 7) is 2.30. The summed E-state index contributed by atoms with van der Waals surface area (Å²) in [5.41, 5.74) is 1.59. The number of thiophene rings is 1. The van der Waals surface area contributed by atoms with Crippen molar-refractivity contribution in [2.24, 2.45) is 0 Å². The summed E-state index contributed by atoms with van der Waals surface area (Å²) in [6, 6.07) is 5.20. The number of nitrogens with zero attached hydrogens (tertiary/aromatic N) is 3. The van der Waals surface area contributed by atoms with Gasteiger partial charge in [-0.25, -0.2) is 23.1 Å². The molecule has 3 heterocycles. The second-order valence-electron chi connectivity index (χ2n) is 6.72. The van der Waals surface area contributed by atoms with E-state index < -0.39 is 10.0 Å². The van der Waals surface area contributed by atoms with E-state index in [9.17, 15) is 8.42 Å². The predicted molar refractivity (Wildman–Crippen MR) is 113 cm³/mol. The van der Waals surface area contributed by atoms with Gasteiger partial charge in [-0.2, -0.15) is 5.10 Å². The Morgan fingerprint density at radius 1 is 1.38 bits per heavy atom. The van der Waals surface area contributed by atoms with Gasteiger partial charge in [0.2, 0.25) is 10.0 Å². The summed E-state index contributed by atoms with van der Waals surface area (Å²) in [7, 11) is -3.53. The summed E-state index contributed by atoms with van der Waals surface area (Å²) in [5.74, 6) is 4.59. The number of rotatable bonds is 8. The molecule has 29 heavy (non-hydrogen) atoms. The summed E-state index contributed by atoms with van der Waals surface area (Å²) >= 11 is 1.11. The summed E-state index contributed by atoms with van der Waals surface area (Å²) in [5, 5.41) is 10.4. The molecule has 0 amide bonds. The van der Waals surface area contributed by atoms with Gasteiger partial charge in [-0.15, -0.1) is 17.8 Å². The smallest absolute Gasteiger partial charge is 0.250 e. The van der Waals surface area contributed by atoms with Crippen LogP contribution in [0.15, 0.2) is 28.6 Å². The fraction of sp³-hybridized carbons (Fsp3) is 0.316. The van der Waals surface area contributed by atoms with Gasteiger partial charge < -0.3 is 5.32 Å². The lowest BCUT2D eigenvalue weighted by Crippen LogP contribution is -2.23. The molecule has 0 atom stereocenters. The molecular formula is C19H20N6O2S2. The zero-order valence-electron chi connectivity index (χ0n) is 15.8. The van der Waals surface area contributed by atoms with Crippen molar-refractivity contribution in [2.75, 3.05) is 11.9 Å². The van der Waals surface area contributed by atoms with Crippen molar-refractivity contribution >= 4 is 33.0 Å². The second kappa shape index (κ2) is 7.94. The third-order valence-corrected chi connectivity index (χ3v) is 7.45. The summed E-state index contributed by atoms with van der Waals surface area (Å²) < 4.78 is 27.4. The van der Waals surface area contributed by atoms with Gasteiger partial charge in [-0.3, -0.25) is 5.10 Å². The molecule has 0 radical (unpaired) electrons. The molecule has 0 aliphatic heterocycles. The van der Waals surface area contributed by atoms with Crippen LogP contribution in [0.3, 0.4) is 0 Å². The minimum absolute atomic E-state index is 0.224. The summed E-state index contributed by atoms with van der Waals surface area (Å²) in [4.78, 5) is 9.44. The fourth-order valence-corrected chi connectivity index (χ4v) is 5.15. The largest absolute Gasteiger partial charge is 0.322 e. The van der Waals surface area contributed by atoms with E-state index in [0.717, 1.165) is 23.5 Å². The van der Waals surface area contributed by atoms with E-state index in [0.29, 0.717) is 40.4 Å². The Labute approximate surface area is 173 Å². The Balaban J connectivity index is 1.60. The van der Waals surface area contributed by atoms with Crippen LogP contribution in [0.5, 0.6) is 0 Å². The van der Waals surface area contributed by atoms with Crippen LogP contribution in [0, 0.1) is 12.3 Å². The molecule has 150 valence electrons. The minimum Gasteiger partial charge on any atom is -0.322 e. The highest BCUT2D eigenvalue weighted by atomic mass is 32.2. The van der Waals surface area contributed by atoms with E-state index in [1.165, 1.54) is 12.8 Å². The second-order valence-corrected chi connectivity index (χ2v) is 9.80. The summed E-state index contributed by atoms with van der Waals surface area (Å²) in [6.07, 6.45) is 10.2. The van der Waals surface area contributed by atoms with Crippen LogP contribution in [0.4, 0.5) is 11.6 Å². The zero-order chi connectivity index (χ0) is 20.4. The lowest BCUT2D eigenvalue weighted by Gasteiger charge is -2.06. The Kier molecular flexibility index (Phi) is 5.36. The first kappa shape index (κ1) is 19.6. The molecule has 1 aliphatic rings. The van der Waals surface area contributed by atoms with E-state index in [2.05, 4.69) is 36.1 Å². The predicted octanol–water partition coefficient (Wildman–Crippen LogP) is 3.22. The van der Waals surface area contributed by atoms with E-state index in [-0.39, 0.29) is 4.21 Å². The van der Waals surface area contributed by atoms with Crippen LogP contribution in [0.25, 0.3) is 10.7 Å². The van der Waals surface area contributed by atoms with Crippen LogP contribution in [-0.4, -0.2) is 35.1 Å². The molecule has 3 N–H and O–H groups in total. The molecule has 1 aliphatic carbocycles. The normalized spacial score (nSPS) is 13.9. The van der Waals surface area contributed by atoms with Gasteiger partial charge in [-0.1, -0.05) is 12.8 Å². The van der Waals surface area contributed by atoms with Crippen molar-refractivity contribution in [3.63, 3.8) is 0 Å². The van der Waals surface area contributed by atoms with Gasteiger partial charge in [0, 0.05) is 30.4 Å². The van der Waals surface area contributed by atoms with Crippen molar-refractivity contribution in [3.8, 4) is 23.0 Å². The topological polar surface area (TPSA) is 113 Å². The molecule has 0 unspecified atom stereocenters. The van der Waals surface area contributed by atoms with E-state index >= 15 is 0 Å². The highest BCUT2D eigenvalue weighted by Gasteiger charge is 2.25. The fourth-order valence-electron chi connectivity index (χ4n) is 2.72. The van der Waals surface area contributed by atoms with Crippen molar-refractivity contribution in [2.45, 2.75) is 36.3 Å². The van der Waals surface area contributed by atoms with Gasteiger partial charge in [0.05, 0.1) is 10.4 Å². The monoisotopic (exact) mass is 428 g/mol. The maximum atomic E-state index is 12.3. The molecule has 0 saturated heterocycles. The number of sulfonamides is 1. The lowest BCUT2D eigenvalue weighted by molar-refractivity contribution is 0.583. The molecular weight excluding hydrogens is 408 g/mol. The number of hydrogen-bond acceptors (Lipinski definition) is 7. The molecule has 4 rings (SSSR count). The van der Waals surface area contributed by atoms with E-state index in [1.807, 2.05) is 13.0 Å². The highest BCUT2D eigenvalue weighted by molar-refractivity contribution is 7.91. The van der Waals surface area contributed by atoms with Gasteiger partial charge in [0.25, 0.3) is 0 Å². The quantitative estimate of drug-likeness (QED) is 0.475. The minimum atomic E-state index is -3.53. The molecule has 3 aromatic rings. The molecule has 8 nitrogen and oxygen atoms in total. The number of aromatic amines is 1. The van der Waals surface area contributed by atoms with Gasteiger partial charge in [-0.05, 0) is 31.4 Å². The van der Waals surface area contributed by atoms with E-state index in [4.69, 9.17) is 6.42 Å². The molecule has 0 bridgehead atoms. The number of aromatic nitrogens is 4. The first-order valence-corrected chi connectivity index (χ1v) is 11.6. The Bertz CT molecular complexity index is 1170. The average molecular weight is 429 g/mol. The number of nitrogens with one attached hydrogen (secondary N) is 3. The van der Waals surface area contributed by atoms with Crippen LogP contribution < -0.4 is 10.0 Å². The Morgan fingerprint density at radius 3 is 2.93 bits per heavy atom. The van der Waals surface area contributed by atoms with Crippen molar-refractivity contribution in [1.29, 1.82) is 0 Å². The molecule has 10 heteroatoms. The molecule has 0 spiro atoms. The van der Waals surface area contributed by atoms with Gasteiger partial charge in [0.1, 0.15) is 4.21 Å². The van der Waals surface area contributed by atoms with Crippen LogP contribution >= 0.6 is 11.3 Å². The number of H-pyrrole nitrogens is 1. The van der Waals surface area contributed by atoms with Crippen molar-refractivity contribution in [3.05, 3.63) is 35.7 Å². The van der Waals surface area contributed by atoms with Gasteiger partial charge in [0.15, 0.2) is 17.5 Å².